The fourth-order valence-corrected chi connectivity index (χ4v) is 2.69. The number of esters is 1. The molecule has 1 aromatic carbocycles. The average molecular weight is 312 g/mol. The van der Waals surface area contributed by atoms with Gasteiger partial charge in [-0.3, -0.25) is 4.90 Å². The SMILES string of the molecule is C[C@H](CN1CCCC1)OC(=O)c1ccccc1Br. The van der Waals surface area contributed by atoms with Gasteiger partial charge in [-0.25, -0.2) is 4.79 Å². The van der Waals surface area contributed by atoms with Gasteiger partial charge in [0.15, 0.2) is 0 Å². The van der Waals surface area contributed by atoms with Gasteiger partial charge in [0.2, 0.25) is 0 Å². The van der Waals surface area contributed by atoms with E-state index in [1.54, 1.807) is 6.07 Å². The summed E-state index contributed by atoms with van der Waals surface area (Å²) in [6.07, 6.45) is 2.44. The first-order valence-electron chi connectivity index (χ1n) is 6.34. The minimum atomic E-state index is -0.255. The molecule has 1 fully saturated rings. The van der Waals surface area contributed by atoms with Crippen LogP contribution in [0.2, 0.25) is 0 Å². The Labute approximate surface area is 116 Å². The van der Waals surface area contributed by atoms with Crippen molar-refractivity contribution in [3.63, 3.8) is 0 Å². The number of nitrogens with zero attached hydrogens (tertiary/aromatic N) is 1. The van der Waals surface area contributed by atoms with E-state index in [0.717, 1.165) is 24.1 Å². The minimum Gasteiger partial charge on any atom is -0.458 e. The zero-order valence-corrected chi connectivity index (χ0v) is 12.1. The molecule has 1 atom stereocenters. The summed E-state index contributed by atoms with van der Waals surface area (Å²) in [5, 5.41) is 0. The summed E-state index contributed by atoms with van der Waals surface area (Å²) in [5.41, 5.74) is 0.589. The molecule has 0 bridgehead atoms. The highest BCUT2D eigenvalue weighted by molar-refractivity contribution is 9.10. The van der Waals surface area contributed by atoms with Gasteiger partial charge in [-0.1, -0.05) is 12.1 Å². The third-order valence-electron chi connectivity index (χ3n) is 3.12. The second-order valence-corrected chi connectivity index (χ2v) is 5.56. The number of hydrogen-bond acceptors (Lipinski definition) is 3. The lowest BCUT2D eigenvalue weighted by Gasteiger charge is -2.20. The van der Waals surface area contributed by atoms with Crippen LogP contribution in [-0.2, 0) is 4.74 Å². The quantitative estimate of drug-likeness (QED) is 0.800. The fourth-order valence-electron chi connectivity index (χ4n) is 2.24. The van der Waals surface area contributed by atoms with Gasteiger partial charge >= 0.3 is 5.97 Å². The van der Waals surface area contributed by atoms with E-state index in [1.807, 2.05) is 25.1 Å². The van der Waals surface area contributed by atoms with Crippen molar-refractivity contribution in [3.8, 4) is 0 Å². The van der Waals surface area contributed by atoms with Crippen LogP contribution in [0.25, 0.3) is 0 Å². The van der Waals surface area contributed by atoms with E-state index in [1.165, 1.54) is 12.8 Å². The van der Waals surface area contributed by atoms with Crippen LogP contribution >= 0.6 is 15.9 Å². The molecule has 2 rings (SSSR count). The Hall–Kier alpha value is -0.870. The zero-order valence-electron chi connectivity index (χ0n) is 10.6. The monoisotopic (exact) mass is 311 g/mol. The summed E-state index contributed by atoms with van der Waals surface area (Å²) in [7, 11) is 0. The highest BCUT2D eigenvalue weighted by Gasteiger charge is 2.18. The lowest BCUT2D eigenvalue weighted by molar-refractivity contribution is 0.0270. The van der Waals surface area contributed by atoms with Crippen molar-refractivity contribution >= 4 is 21.9 Å². The Morgan fingerprint density at radius 2 is 2.06 bits per heavy atom. The van der Waals surface area contributed by atoms with Crippen LogP contribution in [0.1, 0.15) is 30.1 Å². The molecule has 0 spiro atoms. The predicted molar refractivity (Wildman–Crippen MR) is 74.7 cm³/mol. The first-order valence-corrected chi connectivity index (χ1v) is 7.14. The Morgan fingerprint density at radius 1 is 1.39 bits per heavy atom. The van der Waals surface area contributed by atoms with Crippen LogP contribution in [0.15, 0.2) is 28.7 Å². The number of likely N-dealkylation sites (tertiary alicyclic amines) is 1. The summed E-state index contributed by atoms with van der Waals surface area (Å²) in [4.78, 5) is 14.3. The van der Waals surface area contributed by atoms with Crippen molar-refractivity contribution in [1.29, 1.82) is 0 Å². The van der Waals surface area contributed by atoms with E-state index in [9.17, 15) is 4.79 Å². The second kappa shape index (κ2) is 6.34. The molecule has 0 aromatic heterocycles. The highest BCUT2D eigenvalue weighted by Crippen LogP contribution is 2.18. The van der Waals surface area contributed by atoms with E-state index < -0.39 is 0 Å². The maximum atomic E-state index is 12.0. The van der Waals surface area contributed by atoms with Crippen molar-refractivity contribution in [3.05, 3.63) is 34.3 Å². The normalized spacial score (nSPS) is 17.7. The van der Waals surface area contributed by atoms with E-state index >= 15 is 0 Å². The van der Waals surface area contributed by atoms with Crippen LogP contribution in [-0.4, -0.2) is 36.6 Å². The van der Waals surface area contributed by atoms with Crippen LogP contribution < -0.4 is 0 Å². The average Bonchev–Trinajstić information content (AvgIpc) is 2.82. The summed E-state index contributed by atoms with van der Waals surface area (Å²) in [5.74, 6) is -0.255. The van der Waals surface area contributed by atoms with Crippen LogP contribution in [0, 0.1) is 0 Å². The van der Waals surface area contributed by atoms with Gasteiger partial charge < -0.3 is 4.74 Å². The van der Waals surface area contributed by atoms with Gasteiger partial charge in [0.05, 0.1) is 5.56 Å². The van der Waals surface area contributed by atoms with Crippen molar-refractivity contribution in [2.75, 3.05) is 19.6 Å². The third-order valence-corrected chi connectivity index (χ3v) is 3.81. The first-order chi connectivity index (χ1) is 8.66. The molecule has 1 heterocycles. The molecule has 18 heavy (non-hydrogen) atoms. The molecule has 0 radical (unpaired) electrons. The molecule has 3 nitrogen and oxygen atoms in total. The summed E-state index contributed by atoms with van der Waals surface area (Å²) in [6, 6.07) is 7.34. The van der Waals surface area contributed by atoms with Crippen LogP contribution in [0.5, 0.6) is 0 Å². The number of rotatable bonds is 4. The third kappa shape index (κ3) is 3.56. The summed E-state index contributed by atoms with van der Waals surface area (Å²) >= 11 is 3.36. The van der Waals surface area contributed by atoms with Crippen molar-refractivity contribution in [2.24, 2.45) is 0 Å². The fraction of sp³-hybridized carbons (Fsp3) is 0.500. The number of hydrogen-bond donors (Lipinski definition) is 0. The number of halogens is 1. The molecule has 4 heteroatoms. The van der Waals surface area contributed by atoms with Gasteiger partial charge in [0, 0.05) is 11.0 Å². The Bertz CT molecular complexity index is 416. The Balaban J connectivity index is 1.88. The zero-order chi connectivity index (χ0) is 13.0. The number of carbonyl (C=O) groups is 1. The van der Waals surface area contributed by atoms with Gasteiger partial charge in [-0.2, -0.15) is 0 Å². The molecule has 0 N–H and O–H groups in total. The maximum Gasteiger partial charge on any atom is 0.339 e. The van der Waals surface area contributed by atoms with E-state index in [2.05, 4.69) is 20.8 Å². The van der Waals surface area contributed by atoms with Gasteiger partial charge in [0.25, 0.3) is 0 Å². The molecule has 0 unspecified atom stereocenters. The van der Waals surface area contributed by atoms with Crippen molar-refractivity contribution in [1.82, 2.24) is 4.90 Å². The summed E-state index contributed by atoms with van der Waals surface area (Å²) in [6.45, 7) is 5.02. The molecular weight excluding hydrogens is 294 g/mol. The van der Waals surface area contributed by atoms with Crippen molar-refractivity contribution < 1.29 is 9.53 Å². The molecule has 0 aliphatic carbocycles. The minimum absolute atomic E-state index is 0.0669. The highest BCUT2D eigenvalue weighted by atomic mass is 79.9. The lowest BCUT2D eigenvalue weighted by atomic mass is 10.2. The lowest BCUT2D eigenvalue weighted by Crippen LogP contribution is -2.31. The topological polar surface area (TPSA) is 29.5 Å². The molecule has 0 saturated carbocycles. The van der Waals surface area contributed by atoms with Crippen LogP contribution in [0.4, 0.5) is 0 Å². The predicted octanol–water partition coefficient (Wildman–Crippen LogP) is 3.09. The molecule has 1 saturated heterocycles. The van der Waals surface area contributed by atoms with E-state index in [0.29, 0.717) is 5.56 Å². The van der Waals surface area contributed by atoms with E-state index in [-0.39, 0.29) is 12.1 Å². The number of carbonyl (C=O) groups excluding carboxylic acids is 1. The molecule has 1 aliphatic heterocycles. The molecular formula is C14H18BrNO2. The first kappa shape index (κ1) is 13.6. The molecule has 1 aliphatic rings. The molecule has 1 aromatic rings. The van der Waals surface area contributed by atoms with Gasteiger partial charge in [-0.05, 0) is 60.9 Å². The Kier molecular flexibility index (Phi) is 4.78. The van der Waals surface area contributed by atoms with Crippen molar-refractivity contribution in [2.45, 2.75) is 25.9 Å². The standard InChI is InChI=1S/C14H18BrNO2/c1-11(10-16-8-4-5-9-16)18-14(17)12-6-2-3-7-13(12)15/h2-3,6-7,11H,4-5,8-10H2,1H3/t11-/m1/s1. The van der Waals surface area contributed by atoms with Gasteiger partial charge in [-0.15, -0.1) is 0 Å². The summed E-state index contributed by atoms with van der Waals surface area (Å²) < 4.78 is 6.25. The largest absolute Gasteiger partial charge is 0.458 e. The molecule has 0 amide bonds. The second-order valence-electron chi connectivity index (χ2n) is 4.70. The number of ether oxygens (including phenoxy) is 1. The maximum absolute atomic E-state index is 12.0. The van der Waals surface area contributed by atoms with Gasteiger partial charge in [0.1, 0.15) is 6.10 Å². The molecule has 98 valence electrons. The Morgan fingerprint density at radius 3 is 2.72 bits per heavy atom. The van der Waals surface area contributed by atoms with Crippen LogP contribution in [0.3, 0.4) is 0 Å². The van der Waals surface area contributed by atoms with E-state index in [4.69, 9.17) is 4.74 Å². The number of benzene rings is 1. The smallest absolute Gasteiger partial charge is 0.339 e.